The number of rotatable bonds is 1. The summed E-state index contributed by atoms with van der Waals surface area (Å²) in [4.78, 5) is 2.80. The third-order valence-electron chi connectivity index (χ3n) is 1.61. The lowest BCUT2D eigenvalue weighted by Crippen LogP contribution is -2.40. The number of quaternary nitrogens is 1. The molecule has 0 aliphatic rings. The van der Waals surface area contributed by atoms with E-state index >= 15 is 0 Å². The summed E-state index contributed by atoms with van der Waals surface area (Å²) < 4.78 is 0. The Labute approximate surface area is 65.9 Å². The van der Waals surface area contributed by atoms with Crippen molar-refractivity contribution in [2.24, 2.45) is 0 Å². The summed E-state index contributed by atoms with van der Waals surface area (Å²) in [5.74, 6) is 0.652. The van der Waals surface area contributed by atoms with Crippen molar-refractivity contribution in [2.45, 2.75) is 26.7 Å². The molecular weight excluding hydrogens is 142 g/mol. The molecule has 0 aliphatic carbocycles. The van der Waals surface area contributed by atoms with E-state index in [2.05, 4.69) is 32.6 Å². The minimum Gasteiger partial charge on any atom is -0.324 e. The van der Waals surface area contributed by atoms with Crippen LogP contribution in [0, 0.1) is 6.92 Å². The van der Waals surface area contributed by atoms with E-state index in [0.717, 1.165) is 0 Å². The van der Waals surface area contributed by atoms with Crippen molar-refractivity contribution < 1.29 is 5.73 Å². The lowest BCUT2D eigenvalue weighted by Gasteiger charge is -1.95. The van der Waals surface area contributed by atoms with Crippen LogP contribution in [0.15, 0.2) is 6.07 Å². The molecular formula is C8H14NS+. The van der Waals surface area contributed by atoms with Crippen molar-refractivity contribution in [1.29, 1.82) is 0 Å². The summed E-state index contributed by atoms with van der Waals surface area (Å²) in [6, 6.07) is 2.19. The molecule has 10 heavy (non-hydrogen) atoms. The van der Waals surface area contributed by atoms with Crippen LogP contribution >= 0.6 is 11.3 Å². The molecule has 1 nitrogen and oxygen atoms in total. The Morgan fingerprint density at radius 2 is 2.10 bits per heavy atom. The fraction of sp³-hybridized carbons (Fsp3) is 0.500. The molecule has 0 aliphatic heterocycles. The Morgan fingerprint density at radius 3 is 2.30 bits per heavy atom. The monoisotopic (exact) mass is 156 g/mol. The summed E-state index contributed by atoms with van der Waals surface area (Å²) in [5, 5.41) is 0. The topological polar surface area (TPSA) is 27.6 Å². The molecule has 1 rings (SSSR count). The van der Waals surface area contributed by atoms with E-state index in [1.54, 1.807) is 0 Å². The van der Waals surface area contributed by atoms with Gasteiger partial charge in [-0.3, -0.25) is 0 Å². The molecule has 0 spiro atoms. The van der Waals surface area contributed by atoms with Crippen molar-refractivity contribution in [3.63, 3.8) is 0 Å². The first-order valence-electron chi connectivity index (χ1n) is 3.53. The molecule has 3 N–H and O–H groups in total. The van der Waals surface area contributed by atoms with E-state index in [0.29, 0.717) is 5.92 Å². The van der Waals surface area contributed by atoms with Crippen LogP contribution in [-0.4, -0.2) is 0 Å². The summed E-state index contributed by atoms with van der Waals surface area (Å²) >= 11 is 1.86. The van der Waals surface area contributed by atoms with Crippen molar-refractivity contribution in [1.82, 2.24) is 0 Å². The van der Waals surface area contributed by atoms with Crippen LogP contribution < -0.4 is 5.73 Å². The maximum absolute atomic E-state index is 3.93. The van der Waals surface area contributed by atoms with Gasteiger partial charge >= 0.3 is 0 Å². The summed E-state index contributed by atoms with van der Waals surface area (Å²) in [7, 11) is 0. The summed E-state index contributed by atoms with van der Waals surface area (Å²) in [6.07, 6.45) is 0. The largest absolute Gasteiger partial charge is 0.324 e. The molecule has 0 fully saturated rings. The molecule has 0 saturated heterocycles. The first-order valence-corrected chi connectivity index (χ1v) is 4.35. The standard InChI is InChI=1S/C8H13NS/c1-5(2)8-4-7(9)6(3)10-8/h4-5H,9H2,1-3H3/p+1. The SMILES string of the molecule is Cc1sc(C(C)C)cc1[NH3+]. The third kappa shape index (κ3) is 1.39. The highest BCUT2D eigenvalue weighted by Gasteiger charge is 2.06. The van der Waals surface area contributed by atoms with Gasteiger partial charge in [0.1, 0.15) is 5.69 Å². The summed E-state index contributed by atoms with van der Waals surface area (Å²) in [5.41, 5.74) is 5.12. The molecule has 0 bridgehead atoms. The first-order chi connectivity index (χ1) is 4.61. The van der Waals surface area contributed by atoms with Crippen LogP contribution in [0.2, 0.25) is 0 Å². The second-order valence-electron chi connectivity index (χ2n) is 2.88. The van der Waals surface area contributed by atoms with Gasteiger partial charge in [0, 0.05) is 10.9 Å². The van der Waals surface area contributed by atoms with E-state index in [1.165, 1.54) is 15.4 Å². The predicted molar refractivity (Wildman–Crippen MR) is 45.7 cm³/mol. The van der Waals surface area contributed by atoms with E-state index in [1.807, 2.05) is 11.3 Å². The molecule has 0 atom stereocenters. The quantitative estimate of drug-likeness (QED) is 0.644. The lowest BCUT2D eigenvalue weighted by atomic mass is 10.2. The molecule has 1 aromatic rings. The van der Waals surface area contributed by atoms with Gasteiger partial charge in [0.25, 0.3) is 0 Å². The normalized spacial score (nSPS) is 10.9. The lowest BCUT2D eigenvalue weighted by molar-refractivity contribution is -0.255. The number of hydrogen-bond acceptors (Lipinski definition) is 1. The Morgan fingerprint density at radius 1 is 1.50 bits per heavy atom. The number of aryl methyl sites for hydroxylation is 1. The van der Waals surface area contributed by atoms with Gasteiger partial charge < -0.3 is 5.73 Å². The molecule has 0 radical (unpaired) electrons. The van der Waals surface area contributed by atoms with Crippen LogP contribution in [0.3, 0.4) is 0 Å². The van der Waals surface area contributed by atoms with Crippen LogP contribution in [0.1, 0.15) is 29.5 Å². The highest BCUT2D eigenvalue weighted by Crippen LogP contribution is 2.27. The highest BCUT2D eigenvalue weighted by molar-refractivity contribution is 7.12. The molecule has 1 heterocycles. The third-order valence-corrected chi connectivity index (χ3v) is 3.00. The maximum Gasteiger partial charge on any atom is 0.141 e. The highest BCUT2D eigenvalue weighted by atomic mass is 32.1. The first kappa shape index (κ1) is 7.76. The fourth-order valence-electron chi connectivity index (χ4n) is 0.830. The van der Waals surface area contributed by atoms with E-state index in [4.69, 9.17) is 0 Å². The van der Waals surface area contributed by atoms with Crippen LogP contribution in [0.5, 0.6) is 0 Å². The van der Waals surface area contributed by atoms with Gasteiger partial charge in [-0.05, 0) is 12.8 Å². The van der Waals surface area contributed by atoms with Gasteiger partial charge in [-0.2, -0.15) is 0 Å². The zero-order chi connectivity index (χ0) is 7.72. The average Bonchev–Trinajstić information content (AvgIpc) is 2.13. The smallest absolute Gasteiger partial charge is 0.141 e. The van der Waals surface area contributed by atoms with Crippen LogP contribution in [-0.2, 0) is 0 Å². The van der Waals surface area contributed by atoms with Crippen molar-refractivity contribution in [2.75, 3.05) is 0 Å². The molecule has 0 aromatic carbocycles. The molecule has 0 amide bonds. The Balaban J connectivity index is 2.98. The molecule has 2 heteroatoms. The van der Waals surface area contributed by atoms with Gasteiger partial charge in [0.05, 0.1) is 4.88 Å². The van der Waals surface area contributed by atoms with Crippen molar-refractivity contribution in [3.8, 4) is 0 Å². The van der Waals surface area contributed by atoms with E-state index in [9.17, 15) is 0 Å². The minimum atomic E-state index is 0.652. The van der Waals surface area contributed by atoms with Gasteiger partial charge in [-0.1, -0.05) is 13.8 Å². The fourth-order valence-corrected chi connectivity index (χ4v) is 1.81. The van der Waals surface area contributed by atoms with Crippen LogP contribution in [0.4, 0.5) is 5.69 Å². The molecule has 56 valence electrons. The zero-order valence-corrected chi connectivity index (χ0v) is 7.59. The van der Waals surface area contributed by atoms with Crippen molar-refractivity contribution >= 4 is 17.0 Å². The van der Waals surface area contributed by atoms with Gasteiger partial charge in [0.2, 0.25) is 0 Å². The predicted octanol–water partition coefficient (Wildman–Crippen LogP) is 2.05. The number of hydrogen-bond donors (Lipinski definition) is 1. The van der Waals surface area contributed by atoms with Crippen LogP contribution in [0.25, 0.3) is 0 Å². The van der Waals surface area contributed by atoms with Crippen molar-refractivity contribution in [3.05, 3.63) is 15.8 Å². The Bertz CT molecular complexity index is 206. The van der Waals surface area contributed by atoms with E-state index < -0.39 is 0 Å². The molecule has 1 aromatic heterocycles. The van der Waals surface area contributed by atoms with Gasteiger partial charge in [-0.25, -0.2) is 0 Å². The minimum absolute atomic E-state index is 0.652. The van der Waals surface area contributed by atoms with E-state index in [-0.39, 0.29) is 0 Å². The average molecular weight is 156 g/mol. The molecule has 0 unspecified atom stereocenters. The second-order valence-corrected chi connectivity index (χ2v) is 4.17. The Hall–Kier alpha value is -0.340. The molecule has 0 saturated carbocycles. The summed E-state index contributed by atoms with van der Waals surface area (Å²) in [6.45, 7) is 6.55. The van der Waals surface area contributed by atoms with Gasteiger partial charge in [0.15, 0.2) is 0 Å². The van der Waals surface area contributed by atoms with Gasteiger partial charge in [-0.15, -0.1) is 11.3 Å². The number of thiophene rings is 1. The maximum atomic E-state index is 3.93. The Kier molecular flexibility index (Phi) is 2.11. The second kappa shape index (κ2) is 2.72. The zero-order valence-electron chi connectivity index (χ0n) is 6.77.